The van der Waals surface area contributed by atoms with Crippen molar-refractivity contribution in [3.05, 3.63) is 64.7 Å². The Balaban J connectivity index is 1.65. The largest absolute Gasteiger partial charge is 0.378 e. The number of hydrogen-bond donors (Lipinski definition) is 2. The zero-order valence-electron chi connectivity index (χ0n) is 15.1. The van der Waals surface area contributed by atoms with Crippen molar-refractivity contribution in [2.45, 2.75) is 12.8 Å². The molecule has 0 atom stereocenters. The summed E-state index contributed by atoms with van der Waals surface area (Å²) in [6, 6.07) is 14.8. The molecule has 0 heterocycles. The normalized spacial score (nSPS) is 10.3. The number of carbonyl (C=O) groups is 2. The third-order valence-corrected chi connectivity index (χ3v) is 4.18. The Morgan fingerprint density at radius 1 is 0.923 bits per heavy atom. The summed E-state index contributed by atoms with van der Waals surface area (Å²) >= 11 is 5.83. The molecule has 0 aliphatic rings. The van der Waals surface area contributed by atoms with Crippen LogP contribution in [-0.2, 0) is 11.2 Å². The van der Waals surface area contributed by atoms with Crippen LogP contribution in [0.25, 0.3) is 0 Å². The fourth-order valence-corrected chi connectivity index (χ4v) is 2.51. The lowest BCUT2D eigenvalue weighted by Gasteiger charge is -2.12. The smallest absolute Gasteiger partial charge is 0.251 e. The van der Waals surface area contributed by atoms with Crippen LogP contribution in [-0.4, -0.2) is 39.0 Å². The van der Waals surface area contributed by atoms with Gasteiger partial charge in [0.2, 0.25) is 5.91 Å². The molecular formula is C20H24ClN3O2. The first-order valence-electron chi connectivity index (χ1n) is 8.52. The van der Waals surface area contributed by atoms with Gasteiger partial charge in [-0.15, -0.1) is 0 Å². The van der Waals surface area contributed by atoms with Crippen molar-refractivity contribution >= 4 is 29.1 Å². The van der Waals surface area contributed by atoms with Crippen LogP contribution in [0.1, 0.15) is 22.3 Å². The molecule has 26 heavy (non-hydrogen) atoms. The first-order chi connectivity index (χ1) is 12.5. The molecule has 0 unspecified atom stereocenters. The van der Waals surface area contributed by atoms with Crippen molar-refractivity contribution in [3.63, 3.8) is 0 Å². The average molecular weight is 374 g/mol. The van der Waals surface area contributed by atoms with Crippen LogP contribution in [0.4, 0.5) is 5.69 Å². The van der Waals surface area contributed by atoms with E-state index in [-0.39, 0.29) is 11.8 Å². The maximum absolute atomic E-state index is 12.1. The standard InChI is InChI=1S/C20H24ClN3O2/c1-24(2)18-10-6-16(7-11-18)20(26)23-14-13-22-19(25)12-5-15-3-8-17(21)9-4-15/h3-4,6-11H,5,12-14H2,1-2H3,(H,22,25)(H,23,26). The Bertz CT molecular complexity index is 728. The third-order valence-electron chi connectivity index (χ3n) is 3.93. The van der Waals surface area contributed by atoms with Gasteiger partial charge >= 0.3 is 0 Å². The molecule has 0 spiro atoms. The van der Waals surface area contributed by atoms with Crippen molar-refractivity contribution in [2.24, 2.45) is 0 Å². The molecule has 138 valence electrons. The summed E-state index contributed by atoms with van der Waals surface area (Å²) in [7, 11) is 3.90. The second kappa shape index (κ2) is 9.82. The van der Waals surface area contributed by atoms with E-state index in [0.29, 0.717) is 36.5 Å². The predicted octanol–water partition coefficient (Wildman–Crippen LogP) is 2.88. The Kier molecular flexibility index (Phi) is 7.48. The second-order valence-electron chi connectivity index (χ2n) is 6.17. The van der Waals surface area contributed by atoms with E-state index in [1.54, 1.807) is 12.1 Å². The summed E-state index contributed by atoms with van der Waals surface area (Å²) in [5, 5.41) is 6.30. The lowest BCUT2D eigenvalue weighted by atomic mass is 10.1. The minimum atomic E-state index is -0.147. The zero-order valence-corrected chi connectivity index (χ0v) is 15.8. The molecule has 2 amide bonds. The maximum Gasteiger partial charge on any atom is 0.251 e. The summed E-state index contributed by atoms with van der Waals surface area (Å²) in [6.45, 7) is 0.794. The minimum absolute atomic E-state index is 0.0375. The number of carbonyl (C=O) groups excluding carboxylic acids is 2. The summed E-state index contributed by atoms with van der Waals surface area (Å²) in [5.74, 6) is -0.185. The molecule has 0 aliphatic heterocycles. The van der Waals surface area contributed by atoms with Crippen LogP contribution in [0.3, 0.4) is 0 Å². The van der Waals surface area contributed by atoms with Crippen LogP contribution < -0.4 is 15.5 Å². The third kappa shape index (κ3) is 6.41. The number of amides is 2. The van der Waals surface area contributed by atoms with E-state index in [2.05, 4.69) is 10.6 Å². The van der Waals surface area contributed by atoms with Gasteiger partial charge in [-0.25, -0.2) is 0 Å². The van der Waals surface area contributed by atoms with E-state index in [1.807, 2.05) is 55.4 Å². The van der Waals surface area contributed by atoms with Gasteiger partial charge in [0, 0.05) is 49.9 Å². The predicted molar refractivity (Wildman–Crippen MR) is 106 cm³/mol. The number of anilines is 1. The molecular weight excluding hydrogens is 350 g/mol. The van der Waals surface area contributed by atoms with Gasteiger partial charge in [-0.05, 0) is 48.4 Å². The molecule has 0 fully saturated rings. The average Bonchev–Trinajstić information content (AvgIpc) is 2.64. The van der Waals surface area contributed by atoms with Gasteiger partial charge in [0.05, 0.1) is 0 Å². The van der Waals surface area contributed by atoms with Gasteiger partial charge in [0.15, 0.2) is 0 Å². The quantitative estimate of drug-likeness (QED) is 0.699. The van der Waals surface area contributed by atoms with Gasteiger partial charge < -0.3 is 15.5 Å². The molecule has 0 saturated carbocycles. The Morgan fingerprint density at radius 3 is 2.15 bits per heavy atom. The first-order valence-corrected chi connectivity index (χ1v) is 8.90. The van der Waals surface area contributed by atoms with Gasteiger partial charge in [0.25, 0.3) is 5.91 Å². The number of hydrogen-bond acceptors (Lipinski definition) is 3. The SMILES string of the molecule is CN(C)c1ccc(C(=O)NCCNC(=O)CCc2ccc(Cl)cc2)cc1. The number of rotatable bonds is 8. The number of nitrogens with one attached hydrogen (secondary N) is 2. The molecule has 0 saturated heterocycles. The maximum atomic E-state index is 12.1. The van der Waals surface area contributed by atoms with E-state index in [9.17, 15) is 9.59 Å². The van der Waals surface area contributed by atoms with Crippen molar-refractivity contribution in [1.82, 2.24) is 10.6 Å². The van der Waals surface area contributed by atoms with Gasteiger partial charge in [-0.3, -0.25) is 9.59 Å². The second-order valence-corrected chi connectivity index (χ2v) is 6.61. The molecule has 0 aromatic heterocycles. The highest BCUT2D eigenvalue weighted by Gasteiger charge is 2.06. The molecule has 2 N–H and O–H groups in total. The van der Waals surface area contributed by atoms with Crippen LogP contribution in [0, 0.1) is 0 Å². The summed E-state index contributed by atoms with van der Waals surface area (Å²) in [6.07, 6.45) is 1.06. The molecule has 0 radical (unpaired) electrons. The van der Waals surface area contributed by atoms with Crippen molar-refractivity contribution in [3.8, 4) is 0 Å². The molecule has 5 nitrogen and oxygen atoms in total. The van der Waals surface area contributed by atoms with Crippen LogP contribution in [0.2, 0.25) is 5.02 Å². The molecule has 0 bridgehead atoms. The fourth-order valence-electron chi connectivity index (χ4n) is 2.39. The number of benzene rings is 2. The summed E-state index contributed by atoms with van der Waals surface area (Å²) < 4.78 is 0. The molecule has 6 heteroatoms. The van der Waals surface area contributed by atoms with Gasteiger partial charge in [-0.1, -0.05) is 23.7 Å². The lowest BCUT2D eigenvalue weighted by molar-refractivity contribution is -0.121. The Labute approximate surface area is 159 Å². The van der Waals surface area contributed by atoms with Crippen LogP contribution >= 0.6 is 11.6 Å². The van der Waals surface area contributed by atoms with Crippen molar-refractivity contribution in [2.75, 3.05) is 32.1 Å². The van der Waals surface area contributed by atoms with Gasteiger partial charge in [-0.2, -0.15) is 0 Å². The minimum Gasteiger partial charge on any atom is -0.378 e. The molecule has 0 aliphatic carbocycles. The lowest BCUT2D eigenvalue weighted by Crippen LogP contribution is -2.34. The van der Waals surface area contributed by atoms with Gasteiger partial charge in [0.1, 0.15) is 0 Å². The topological polar surface area (TPSA) is 61.4 Å². The zero-order chi connectivity index (χ0) is 18.9. The molecule has 2 aromatic carbocycles. The van der Waals surface area contributed by atoms with E-state index < -0.39 is 0 Å². The van der Waals surface area contributed by atoms with E-state index in [0.717, 1.165) is 11.3 Å². The molecule has 2 rings (SSSR count). The number of aryl methyl sites for hydroxylation is 1. The Hall–Kier alpha value is -2.53. The first kappa shape index (κ1) is 19.8. The van der Waals surface area contributed by atoms with E-state index in [1.165, 1.54) is 0 Å². The van der Waals surface area contributed by atoms with Crippen molar-refractivity contribution in [1.29, 1.82) is 0 Å². The van der Waals surface area contributed by atoms with E-state index >= 15 is 0 Å². The molecule has 2 aromatic rings. The van der Waals surface area contributed by atoms with Crippen molar-refractivity contribution < 1.29 is 9.59 Å². The highest BCUT2D eigenvalue weighted by Crippen LogP contribution is 2.12. The highest BCUT2D eigenvalue weighted by atomic mass is 35.5. The summed E-state index contributed by atoms with van der Waals surface area (Å²) in [5.41, 5.74) is 2.71. The highest BCUT2D eigenvalue weighted by molar-refractivity contribution is 6.30. The number of halogens is 1. The summed E-state index contributed by atoms with van der Waals surface area (Å²) in [4.78, 5) is 25.9. The van der Waals surface area contributed by atoms with Crippen LogP contribution in [0.15, 0.2) is 48.5 Å². The fraction of sp³-hybridized carbons (Fsp3) is 0.300. The van der Waals surface area contributed by atoms with E-state index in [4.69, 9.17) is 11.6 Å². The monoisotopic (exact) mass is 373 g/mol. The Morgan fingerprint density at radius 2 is 1.54 bits per heavy atom. The van der Waals surface area contributed by atoms with Crippen LogP contribution in [0.5, 0.6) is 0 Å². The number of nitrogens with zero attached hydrogens (tertiary/aromatic N) is 1.